The molecular formula is C16H23ClN2O. The van der Waals surface area contributed by atoms with E-state index in [1.165, 1.54) is 45.3 Å². The van der Waals surface area contributed by atoms with Crippen LogP contribution in [0, 0.1) is 11.3 Å². The molecule has 1 aromatic rings. The van der Waals surface area contributed by atoms with E-state index in [0.717, 1.165) is 6.42 Å². The molecule has 2 rings (SSSR count). The Hall–Kier alpha value is -1.24. The minimum atomic E-state index is 0. The zero-order valence-electron chi connectivity index (χ0n) is 11.9. The lowest BCUT2D eigenvalue weighted by atomic mass is 10.1. The maximum absolute atomic E-state index is 8.95. The first-order valence-corrected chi connectivity index (χ1v) is 7.24. The quantitative estimate of drug-likeness (QED) is 0.752. The van der Waals surface area contributed by atoms with Crippen LogP contribution in [0.2, 0.25) is 0 Å². The summed E-state index contributed by atoms with van der Waals surface area (Å²) in [7, 11) is 0. The average molecular weight is 295 g/mol. The molecule has 20 heavy (non-hydrogen) atoms. The molecule has 0 aliphatic carbocycles. The van der Waals surface area contributed by atoms with E-state index in [1.807, 2.05) is 18.2 Å². The fraction of sp³-hybridized carbons (Fsp3) is 0.562. The standard InChI is InChI=1S/C16H22N2O.ClH/c17-14-15-8-2-3-9-16(15)19-13-7-6-12-18-10-4-1-5-11-18;/h2-3,8-9H,1,4-7,10-13H2;1H. The van der Waals surface area contributed by atoms with Crippen molar-refractivity contribution < 1.29 is 4.74 Å². The molecule has 1 fully saturated rings. The van der Waals surface area contributed by atoms with Gasteiger partial charge in [0.2, 0.25) is 0 Å². The normalized spacial score (nSPS) is 15.2. The Morgan fingerprint density at radius 3 is 2.60 bits per heavy atom. The number of para-hydroxylation sites is 1. The first-order chi connectivity index (χ1) is 9.40. The van der Waals surface area contributed by atoms with E-state index >= 15 is 0 Å². The fourth-order valence-electron chi connectivity index (χ4n) is 2.49. The lowest BCUT2D eigenvalue weighted by Crippen LogP contribution is -2.30. The number of hydrogen-bond donors (Lipinski definition) is 0. The molecule has 0 unspecified atom stereocenters. The zero-order valence-corrected chi connectivity index (χ0v) is 12.7. The van der Waals surface area contributed by atoms with Crippen LogP contribution in [0.3, 0.4) is 0 Å². The number of likely N-dealkylation sites (tertiary alicyclic amines) is 1. The molecule has 0 aromatic heterocycles. The highest BCUT2D eigenvalue weighted by Gasteiger charge is 2.09. The Balaban J connectivity index is 0.00000200. The molecule has 0 N–H and O–H groups in total. The van der Waals surface area contributed by atoms with Gasteiger partial charge in [-0.3, -0.25) is 0 Å². The van der Waals surface area contributed by atoms with E-state index in [0.29, 0.717) is 17.9 Å². The third kappa shape index (κ3) is 5.40. The summed E-state index contributed by atoms with van der Waals surface area (Å²) in [6.45, 7) is 4.41. The van der Waals surface area contributed by atoms with Crippen molar-refractivity contribution in [2.75, 3.05) is 26.2 Å². The van der Waals surface area contributed by atoms with Gasteiger partial charge in [0.1, 0.15) is 11.8 Å². The zero-order chi connectivity index (χ0) is 13.3. The predicted molar refractivity (Wildman–Crippen MR) is 83.4 cm³/mol. The summed E-state index contributed by atoms with van der Waals surface area (Å²) in [5.74, 6) is 0.711. The number of rotatable bonds is 6. The number of halogens is 1. The van der Waals surface area contributed by atoms with Crippen LogP contribution >= 0.6 is 12.4 Å². The third-order valence-electron chi connectivity index (χ3n) is 3.58. The van der Waals surface area contributed by atoms with Crippen LogP contribution in [0.15, 0.2) is 24.3 Å². The first-order valence-electron chi connectivity index (χ1n) is 7.24. The van der Waals surface area contributed by atoms with Crippen LogP contribution in [0.1, 0.15) is 37.7 Å². The van der Waals surface area contributed by atoms with Crippen molar-refractivity contribution in [3.8, 4) is 11.8 Å². The van der Waals surface area contributed by atoms with Crippen molar-refractivity contribution in [1.82, 2.24) is 4.90 Å². The highest BCUT2D eigenvalue weighted by atomic mass is 35.5. The summed E-state index contributed by atoms with van der Waals surface area (Å²) in [5.41, 5.74) is 0.624. The van der Waals surface area contributed by atoms with Gasteiger partial charge in [0.05, 0.1) is 12.2 Å². The molecule has 0 saturated carbocycles. The predicted octanol–water partition coefficient (Wildman–Crippen LogP) is 3.62. The topological polar surface area (TPSA) is 36.3 Å². The number of hydrogen-bond acceptors (Lipinski definition) is 3. The van der Waals surface area contributed by atoms with E-state index in [-0.39, 0.29) is 12.4 Å². The summed E-state index contributed by atoms with van der Waals surface area (Å²) in [6, 6.07) is 9.58. The number of nitrogens with zero attached hydrogens (tertiary/aromatic N) is 2. The number of piperidine rings is 1. The lowest BCUT2D eigenvalue weighted by Gasteiger charge is -2.26. The van der Waals surface area contributed by atoms with E-state index in [1.54, 1.807) is 6.07 Å². The Morgan fingerprint density at radius 2 is 1.85 bits per heavy atom. The second-order valence-electron chi connectivity index (χ2n) is 5.07. The SMILES string of the molecule is Cl.N#Cc1ccccc1OCCCCN1CCCCC1. The molecule has 110 valence electrons. The van der Waals surface area contributed by atoms with Gasteiger partial charge in [-0.1, -0.05) is 18.6 Å². The minimum Gasteiger partial charge on any atom is -0.492 e. The molecule has 0 spiro atoms. The van der Waals surface area contributed by atoms with Crippen LogP contribution in [-0.4, -0.2) is 31.1 Å². The maximum atomic E-state index is 8.95. The van der Waals surface area contributed by atoms with Gasteiger partial charge in [-0.15, -0.1) is 12.4 Å². The summed E-state index contributed by atoms with van der Waals surface area (Å²) < 4.78 is 5.68. The number of nitriles is 1. The molecule has 1 aliphatic heterocycles. The van der Waals surface area contributed by atoms with Crippen molar-refractivity contribution >= 4 is 12.4 Å². The van der Waals surface area contributed by atoms with Gasteiger partial charge in [-0.05, 0) is 57.5 Å². The second-order valence-corrected chi connectivity index (χ2v) is 5.07. The fourth-order valence-corrected chi connectivity index (χ4v) is 2.49. The average Bonchev–Trinajstić information content (AvgIpc) is 2.48. The molecule has 0 amide bonds. The Kier molecular flexibility index (Phi) is 8.10. The summed E-state index contributed by atoms with van der Waals surface area (Å²) in [4.78, 5) is 2.55. The number of ether oxygens (including phenoxy) is 1. The second kappa shape index (κ2) is 9.63. The summed E-state index contributed by atoms with van der Waals surface area (Å²) in [5, 5.41) is 8.95. The van der Waals surface area contributed by atoms with Crippen molar-refractivity contribution in [3.63, 3.8) is 0 Å². The smallest absolute Gasteiger partial charge is 0.137 e. The Morgan fingerprint density at radius 1 is 1.10 bits per heavy atom. The van der Waals surface area contributed by atoms with Crippen molar-refractivity contribution in [2.24, 2.45) is 0 Å². The first kappa shape index (κ1) is 16.8. The van der Waals surface area contributed by atoms with E-state index in [9.17, 15) is 0 Å². The van der Waals surface area contributed by atoms with Crippen molar-refractivity contribution in [3.05, 3.63) is 29.8 Å². The molecule has 1 heterocycles. The van der Waals surface area contributed by atoms with Crippen LogP contribution in [-0.2, 0) is 0 Å². The van der Waals surface area contributed by atoms with Gasteiger partial charge in [0, 0.05) is 0 Å². The molecule has 4 heteroatoms. The third-order valence-corrected chi connectivity index (χ3v) is 3.58. The largest absolute Gasteiger partial charge is 0.492 e. The van der Waals surface area contributed by atoms with E-state index in [2.05, 4.69) is 11.0 Å². The molecule has 0 radical (unpaired) electrons. The highest BCUT2D eigenvalue weighted by molar-refractivity contribution is 5.85. The number of unbranched alkanes of at least 4 members (excludes halogenated alkanes) is 1. The van der Waals surface area contributed by atoms with Gasteiger partial charge in [-0.25, -0.2) is 0 Å². The molecule has 1 saturated heterocycles. The van der Waals surface area contributed by atoms with E-state index < -0.39 is 0 Å². The van der Waals surface area contributed by atoms with Crippen LogP contribution < -0.4 is 4.74 Å². The van der Waals surface area contributed by atoms with Crippen molar-refractivity contribution in [1.29, 1.82) is 5.26 Å². The molecule has 0 bridgehead atoms. The highest BCUT2D eigenvalue weighted by Crippen LogP contribution is 2.17. The maximum Gasteiger partial charge on any atom is 0.137 e. The molecule has 0 atom stereocenters. The van der Waals surface area contributed by atoms with Crippen LogP contribution in [0.5, 0.6) is 5.75 Å². The van der Waals surface area contributed by atoms with Crippen molar-refractivity contribution in [2.45, 2.75) is 32.1 Å². The minimum absolute atomic E-state index is 0. The van der Waals surface area contributed by atoms with Gasteiger partial charge in [-0.2, -0.15) is 5.26 Å². The van der Waals surface area contributed by atoms with Crippen LogP contribution in [0.25, 0.3) is 0 Å². The van der Waals surface area contributed by atoms with Crippen LogP contribution in [0.4, 0.5) is 0 Å². The van der Waals surface area contributed by atoms with E-state index in [4.69, 9.17) is 10.00 Å². The van der Waals surface area contributed by atoms with Gasteiger partial charge in [0.25, 0.3) is 0 Å². The molecule has 1 aromatic carbocycles. The Labute approximate surface area is 127 Å². The monoisotopic (exact) mass is 294 g/mol. The van der Waals surface area contributed by atoms with Gasteiger partial charge in [0.15, 0.2) is 0 Å². The lowest BCUT2D eigenvalue weighted by molar-refractivity contribution is 0.216. The van der Waals surface area contributed by atoms with Gasteiger partial charge < -0.3 is 9.64 Å². The molecule has 3 nitrogen and oxygen atoms in total. The molecule has 1 aliphatic rings. The number of benzene rings is 1. The Bertz CT molecular complexity index is 425. The molecular weight excluding hydrogens is 272 g/mol. The van der Waals surface area contributed by atoms with Gasteiger partial charge >= 0.3 is 0 Å². The summed E-state index contributed by atoms with van der Waals surface area (Å²) in [6.07, 6.45) is 6.33. The summed E-state index contributed by atoms with van der Waals surface area (Å²) >= 11 is 0.